The van der Waals surface area contributed by atoms with E-state index in [-0.39, 0.29) is 12.5 Å². The second kappa shape index (κ2) is 7.22. The maximum absolute atomic E-state index is 12.1. The lowest BCUT2D eigenvalue weighted by Crippen LogP contribution is -2.33. The molecule has 118 valence electrons. The lowest BCUT2D eigenvalue weighted by Gasteiger charge is -2.23. The van der Waals surface area contributed by atoms with Crippen molar-refractivity contribution in [1.29, 1.82) is 0 Å². The molecule has 2 aromatic heterocycles. The van der Waals surface area contributed by atoms with Gasteiger partial charge in [0.05, 0.1) is 6.33 Å². The maximum Gasteiger partial charge on any atom is 0.241 e. The number of carbonyl (C=O) groups excluding carboxylic acids is 1. The zero-order valence-electron chi connectivity index (χ0n) is 12.6. The molecule has 1 amide bonds. The topological polar surface area (TPSA) is 87.6 Å². The smallest absolute Gasteiger partial charge is 0.241 e. The van der Waals surface area contributed by atoms with Gasteiger partial charge >= 0.3 is 0 Å². The van der Waals surface area contributed by atoms with Crippen molar-refractivity contribution in [3.8, 4) is 0 Å². The molecule has 7 heteroatoms. The van der Waals surface area contributed by atoms with Crippen LogP contribution < -0.4 is 10.6 Å². The third kappa shape index (κ3) is 3.73. The Labute approximate surface area is 129 Å². The number of imidazole rings is 1. The van der Waals surface area contributed by atoms with E-state index in [0.717, 1.165) is 37.3 Å². The molecule has 1 fully saturated rings. The summed E-state index contributed by atoms with van der Waals surface area (Å²) in [7, 11) is 0. The first-order valence-electron chi connectivity index (χ1n) is 7.79. The Hall–Kier alpha value is -2.15. The van der Waals surface area contributed by atoms with Gasteiger partial charge in [-0.2, -0.15) is 5.10 Å². The van der Waals surface area contributed by atoms with Gasteiger partial charge in [-0.25, -0.2) is 4.98 Å². The molecule has 0 spiro atoms. The predicted octanol–water partition coefficient (Wildman–Crippen LogP) is 0.432. The van der Waals surface area contributed by atoms with E-state index < -0.39 is 0 Å². The second-order valence-electron chi connectivity index (χ2n) is 5.63. The van der Waals surface area contributed by atoms with Crippen LogP contribution in [-0.2, 0) is 17.8 Å². The minimum Gasteiger partial charge on any atom is -0.354 e. The fourth-order valence-electron chi connectivity index (χ4n) is 2.88. The average molecular weight is 302 g/mol. The molecule has 0 aliphatic carbocycles. The van der Waals surface area contributed by atoms with Crippen LogP contribution in [0.4, 0.5) is 0 Å². The van der Waals surface area contributed by atoms with Gasteiger partial charge in [0.2, 0.25) is 5.91 Å². The van der Waals surface area contributed by atoms with Crippen molar-refractivity contribution in [3.05, 3.63) is 36.2 Å². The Morgan fingerprint density at radius 1 is 1.50 bits per heavy atom. The highest BCUT2D eigenvalue weighted by Gasteiger charge is 2.19. The number of aromatic nitrogens is 4. The van der Waals surface area contributed by atoms with Crippen molar-refractivity contribution in [2.75, 3.05) is 19.6 Å². The zero-order chi connectivity index (χ0) is 15.2. The van der Waals surface area contributed by atoms with Gasteiger partial charge in [-0.05, 0) is 25.5 Å². The van der Waals surface area contributed by atoms with Crippen LogP contribution >= 0.6 is 0 Å². The molecule has 0 bridgehead atoms. The molecule has 2 aromatic rings. The summed E-state index contributed by atoms with van der Waals surface area (Å²) in [4.78, 5) is 19.0. The fourth-order valence-corrected chi connectivity index (χ4v) is 2.88. The van der Waals surface area contributed by atoms with Crippen LogP contribution in [0.3, 0.4) is 0 Å². The number of nitrogens with zero attached hydrogens (tertiary/aromatic N) is 3. The summed E-state index contributed by atoms with van der Waals surface area (Å²) < 4.78 is 1.82. The van der Waals surface area contributed by atoms with Gasteiger partial charge in [-0.15, -0.1) is 0 Å². The summed E-state index contributed by atoms with van der Waals surface area (Å²) in [5.74, 6) is 0.447. The first-order valence-corrected chi connectivity index (χ1v) is 7.79. The molecule has 0 saturated carbocycles. The van der Waals surface area contributed by atoms with Gasteiger partial charge in [-0.3, -0.25) is 9.48 Å². The summed E-state index contributed by atoms with van der Waals surface area (Å²) in [6.45, 7) is 2.93. The molecule has 1 aliphatic rings. The number of carbonyl (C=O) groups is 1. The predicted molar refractivity (Wildman–Crippen MR) is 82.4 cm³/mol. The number of nitrogens with one attached hydrogen (secondary N) is 3. The van der Waals surface area contributed by atoms with E-state index in [1.807, 2.05) is 10.7 Å². The molecule has 7 nitrogen and oxygen atoms in total. The third-order valence-electron chi connectivity index (χ3n) is 4.03. The van der Waals surface area contributed by atoms with E-state index in [1.165, 1.54) is 6.42 Å². The van der Waals surface area contributed by atoms with Gasteiger partial charge in [-0.1, -0.05) is 0 Å². The normalized spacial score (nSPS) is 18.3. The van der Waals surface area contributed by atoms with Crippen LogP contribution in [0.2, 0.25) is 0 Å². The van der Waals surface area contributed by atoms with Crippen LogP contribution in [-0.4, -0.2) is 45.3 Å². The van der Waals surface area contributed by atoms with E-state index in [1.54, 1.807) is 18.7 Å². The number of aromatic amines is 1. The molecule has 1 aliphatic heterocycles. The first kappa shape index (κ1) is 14.8. The SMILES string of the molecule is O=C(Cn1nccc1[C@@H]1CCCNC1)NCCc1cnc[nH]1. The summed E-state index contributed by atoms with van der Waals surface area (Å²) >= 11 is 0. The van der Waals surface area contributed by atoms with Gasteiger partial charge in [0, 0.05) is 49.2 Å². The molecule has 0 unspecified atom stereocenters. The van der Waals surface area contributed by atoms with Crippen molar-refractivity contribution < 1.29 is 4.79 Å². The molecule has 3 heterocycles. The van der Waals surface area contributed by atoms with Crippen LogP contribution in [0.25, 0.3) is 0 Å². The van der Waals surface area contributed by atoms with Crippen LogP contribution in [0, 0.1) is 0 Å². The van der Waals surface area contributed by atoms with Gasteiger partial charge < -0.3 is 15.6 Å². The van der Waals surface area contributed by atoms with Crippen LogP contribution in [0.15, 0.2) is 24.8 Å². The quantitative estimate of drug-likeness (QED) is 0.722. The molecule has 3 N–H and O–H groups in total. The zero-order valence-corrected chi connectivity index (χ0v) is 12.6. The Morgan fingerprint density at radius 2 is 2.45 bits per heavy atom. The molecule has 1 saturated heterocycles. The Kier molecular flexibility index (Phi) is 4.85. The second-order valence-corrected chi connectivity index (χ2v) is 5.63. The van der Waals surface area contributed by atoms with E-state index in [4.69, 9.17) is 0 Å². The minimum atomic E-state index is -0.00626. The van der Waals surface area contributed by atoms with E-state index in [2.05, 4.69) is 25.7 Å². The number of hydrogen-bond donors (Lipinski definition) is 3. The summed E-state index contributed by atoms with van der Waals surface area (Å²) in [6, 6.07) is 2.02. The van der Waals surface area contributed by atoms with Crippen molar-refractivity contribution in [2.45, 2.75) is 31.7 Å². The highest BCUT2D eigenvalue weighted by molar-refractivity contribution is 5.75. The monoisotopic (exact) mass is 302 g/mol. The van der Waals surface area contributed by atoms with Gasteiger partial charge in [0.25, 0.3) is 0 Å². The maximum atomic E-state index is 12.1. The van der Waals surface area contributed by atoms with Crippen LogP contribution in [0.5, 0.6) is 0 Å². The van der Waals surface area contributed by atoms with E-state index in [0.29, 0.717) is 12.5 Å². The molecule has 0 aromatic carbocycles. The first-order chi connectivity index (χ1) is 10.8. The average Bonchev–Trinajstić information content (AvgIpc) is 3.20. The third-order valence-corrected chi connectivity index (χ3v) is 4.03. The van der Waals surface area contributed by atoms with Crippen molar-refractivity contribution in [2.24, 2.45) is 0 Å². The lowest BCUT2D eigenvalue weighted by molar-refractivity contribution is -0.121. The summed E-state index contributed by atoms with van der Waals surface area (Å²) in [5.41, 5.74) is 2.17. The van der Waals surface area contributed by atoms with E-state index >= 15 is 0 Å². The number of piperidine rings is 1. The van der Waals surface area contributed by atoms with Gasteiger partial charge in [0.15, 0.2) is 0 Å². The fraction of sp³-hybridized carbons (Fsp3) is 0.533. The lowest BCUT2D eigenvalue weighted by atomic mass is 9.96. The molecule has 0 radical (unpaired) electrons. The van der Waals surface area contributed by atoms with Crippen molar-refractivity contribution in [3.63, 3.8) is 0 Å². The molecule has 22 heavy (non-hydrogen) atoms. The number of H-pyrrole nitrogens is 1. The molecule has 3 rings (SSSR count). The van der Waals surface area contributed by atoms with Crippen molar-refractivity contribution >= 4 is 5.91 Å². The Balaban J connectivity index is 1.50. The largest absolute Gasteiger partial charge is 0.354 e. The molecular formula is C15H22N6O. The summed E-state index contributed by atoms with van der Waals surface area (Å²) in [5, 5.41) is 10.6. The highest BCUT2D eigenvalue weighted by atomic mass is 16.2. The van der Waals surface area contributed by atoms with E-state index in [9.17, 15) is 4.79 Å². The van der Waals surface area contributed by atoms with Gasteiger partial charge in [0.1, 0.15) is 6.54 Å². The standard InChI is InChI=1S/C15H22N6O/c22-15(18-6-3-13-9-17-11-19-13)10-21-14(4-7-20-21)12-2-1-5-16-8-12/h4,7,9,11-12,16H,1-3,5-6,8,10H2,(H,17,19)(H,18,22)/t12-/m1/s1. The number of amides is 1. The molecular weight excluding hydrogens is 280 g/mol. The van der Waals surface area contributed by atoms with Crippen LogP contribution in [0.1, 0.15) is 30.1 Å². The number of hydrogen-bond acceptors (Lipinski definition) is 4. The molecule has 1 atom stereocenters. The highest BCUT2D eigenvalue weighted by Crippen LogP contribution is 2.22. The number of rotatable bonds is 6. The Bertz CT molecular complexity index is 585. The summed E-state index contributed by atoms with van der Waals surface area (Å²) in [6.07, 6.45) is 8.28. The van der Waals surface area contributed by atoms with Crippen molar-refractivity contribution in [1.82, 2.24) is 30.4 Å². The Morgan fingerprint density at radius 3 is 3.23 bits per heavy atom. The minimum absolute atomic E-state index is 0.00626.